The Hall–Kier alpha value is -2.22. The molecule has 0 radical (unpaired) electrons. The fourth-order valence-corrected chi connectivity index (χ4v) is 3.95. The molecule has 0 bridgehead atoms. The molecule has 6 nitrogen and oxygen atoms in total. The van der Waals surface area contributed by atoms with Crippen LogP contribution in [0.15, 0.2) is 41.6 Å². The molecule has 1 unspecified atom stereocenters. The summed E-state index contributed by atoms with van der Waals surface area (Å²) in [5.41, 5.74) is 2.72. The standard InChI is InChI=1S/C21H22Cl2N4O2S/c1-12-5-8-18(13(2)9-12)29-14(3)20-25-26-21(27(20)4)30-11-19(28)24-17-10-15(22)6-7-16(17)23/h5-10,14H,11H2,1-4H3,(H,24,28). The van der Waals surface area contributed by atoms with Gasteiger partial charge in [0.2, 0.25) is 5.91 Å². The second kappa shape index (κ2) is 9.73. The largest absolute Gasteiger partial charge is 0.482 e. The highest BCUT2D eigenvalue weighted by molar-refractivity contribution is 7.99. The summed E-state index contributed by atoms with van der Waals surface area (Å²) in [7, 11) is 1.85. The number of nitrogens with zero attached hydrogens (tertiary/aromatic N) is 3. The molecule has 0 aliphatic carbocycles. The van der Waals surface area contributed by atoms with Gasteiger partial charge in [0, 0.05) is 12.1 Å². The van der Waals surface area contributed by atoms with E-state index in [0.717, 1.165) is 11.3 Å². The molecule has 2 aromatic carbocycles. The molecular weight excluding hydrogens is 443 g/mol. The van der Waals surface area contributed by atoms with Crippen molar-refractivity contribution in [1.82, 2.24) is 14.8 Å². The van der Waals surface area contributed by atoms with Crippen LogP contribution in [0.4, 0.5) is 5.69 Å². The number of nitrogens with one attached hydrogen (secondary N) is 1. The lowest BCUT2D eigenvalue weighted by molar-refractivity contribution is -0.113. The van der Waals surface area contributed by atoms with Gasteiger partial charge in [0.1, 0.15) is 5.75 Å². The number of aromatic nitrogens is 3. The van der Waals surface area contributed by atoms with E-state index in [-0.39, 0.29) is 17.8 Å². The van der Waals surface area contributed by atoms with Crippen LogP contribution >= 0.6 is 35.0 Å². The lowest BCUT2D eigenvalue weighted by Crippen LogP contribution is -2.15. The topological polar surface area (TPSA) is 69.0 Å². The Kier molecular flexibility index (Phi) is 7.28. The van der Waals surface area contributed by atoms with Crippen LogP contribution in [0.25, 0.3) is 0 Å². The van der Waals surface area contributed by atoms with Crippen LogP contribution in [0.5, 0.6) is 5.75 Å². The summed E-state index contributed by atoms with van der Waals surface area (Å²) >= 11 is 13.3. The Morgan fingerprint density at radius 3 is 2.70 bits per heavy atom. The number of halogens is 2. The Morgan fingerprint density at radius 2 is 1.97 bits per heavy atom. The molecule has 0 spiro atoms. The van der Waals surface area contributed by atoms with E-state index >= 15 is 0 Å². The van der Waals surface area contributed by atoms with Gasteiger partial charge in [-0.3, -0.25) is 4.79 Å². The van der Waals surface area contributed by atoms with Gasteiger partial charge in [0.25, 0.3) is 0 Å². The predicted molar refractivity (Wildman–Crippen MR) is 122 cm³/mol. The molecule has 0 aliphatic rings. The zero-order valence-electron chi connectivity index (χ0n) is 17.1. The van der Waals surface area contributed by atoms with Crippen molar-refractivity contribution >= 4 is 46.6 Å². The smallest absolute Gasteiger partial charge is 0.234 e. The number of hydrogen-bond acceptors (Lipinski definition) is 5. The number of rotatable bonds is 7. The lowest BCUT2D eigenvalue weighted by Gasteiger charge is -2.16. The van der Waals surface area contributed by atoms with E-state index in [1.54, 1.807) is 18.2 Å². The maximum atomic E-state index is 12.3. The summed E-state index contributed by atoms with van der Waals surface area (Å²) < 4.78 is 7.90. The highest BCUT2D eigenvalue weighted by Crippen LogP contribution is 2.28. The fraction of sp³-hybridized carbons (Fsp3) is 0.286. The number of ether oxygens (including phenoxy) is 1. The van der Waals surface area contributed by atoms with E-state index in [0.29, 0.717) is 26.7 Å². The molecule has 0 saturated carbocycles. The van der Waals surface area contributed by atoms with Crippen molar-refractivity contribution in [1.29, 1.82) is 0 Å². The van der Waals surface area contributed by atoms with E-state index in [9.17, 15) is 4.79 Å². The Balaban J connectivity index is 1.62. The lowest BCUT2D eigenvalue weighted by atomic mass is 10.1. The average Bonchev–Trinajstić information content (AvgIpc) is 3.06. The number of amides is 1. The second-order valence-electron chi connectivity index (χ2n) is 6.89. The van der Waals surface area contributed by atoms with Gasteiger partial charge in [-0.05, 0) is 50.6 Å². The van der Waals surface area contributed by atoms with Crippen molar-refractivity contribution < 1.29 is 9.53 Å². The van der Waals surface area contributed by atoms with Crippen molar-refractivity contribution in [3.05, 3.63) is 63.4 Å². The first-order valence-corrected chi connectivity index (χ1v) is 11.0. The van der Waals surface area contributed by atoms with Gasteiger partial charge in [0.15, 0.2) is 17.1 Å². The first kappa shape index (κ1) is 22.5. The van der Waals surface area contributed by atoms with Crippen molar-refractivity contribution in [2.24, 2.45) is 7.05 Å². The van der Waals surface area contributed by atoms with E-state index in [4.69, 9.17) is 27.9 Å². The Labute approximate surface area is 189 Å². The molecule has 3 rings (SSSR count). The fourth-order valence-electron chi connectivity index (χ4n) is 2.89. The van der Waals surface area contributed by atoms with Crippen molar-refractivity contribution in [3.8, 4) is 5.75 Å². The summed E-state index contributed by atoms with van der Waals surface area (Å²) in [6, 6.07) is 11.0. The van der Waals surface area contributed by atoms with Crippen LogP contribution in [0.3, 0.4) is 0 Å². The van der Waals surface area contributed by atoms with Gasteiger partial charge < -0.3 is 14.6 Å². The van der Waals surface area contributed by atoms with E-state index in [1.165, 1.54) is 17.3 Å². The second-order valence-corrected chi connectivity index (χ2v) is 8.68. The van der Waals surface area contributed by atoms with Crippen molar-refractivity contribution in [2.75, 3.05) is 11.1 Å². The number of aryl methyl sites for hydroxylation is 2. The number of carbonyl (C=O) groups is 1. The van der Waals surface area contributed by atoms with Crippen molar-refractivity contribution in [2.45, 2.75) is 32.0 Å². The quantitative estimate of drug-likeness (QED) is 0.460. The monoisotopic (exact) mass is 464 g/mol. The van der Waals surface area contributed by atoms with Gasteiger partial charge in [-0.25, -0.2) is 0 Å². The molecule has 1 N–H and O–H groups in total. The third-order valence-electron chi connectivity index (χ3n) is 4.40. The van der Waals surface area contributed by atoms with Crippen LogP contribution in [0.2, 0.25) is 10.0 Å². The van der Waals surface area contributed by atoms with Crippen LogP contribution in [-0.4, -0.2) is 26.4 Å². The number of anilines is 1. The molecule has 158 valence electrons. The number of carbonyl (C=O) groups excluding carboxylic acids is 1. The van der Waals surface area contributed by atoms with Crippen LogP contribution in [-0.2, 0) is 11.8 Å². The molecule has 1 amide bonds. The Morgan fingerprint density at radius 1 is 1.20 bits per heavy atom. The molecule has 0 aliphatic heterocycles. The molecule has 1 heterocycles. The first-order valence-electron chi connectivity index (χ1n) is 9.25. The van der Waals surface area contributed by atoms with Gasteiger partial charge in [-0.1, -0.05) is 52.7 Å². The zero-order valence-corrected chi connectivity index (χ0v) is 19.4. The minimum Gasteiger partial charge on any atom is -0.482 e. The van der Waals surface area contributed by atoms with Gasteiger partial charge >= 0.3 is 0 Å². The van der Waals surface area contributed by atoms with E-state index < -0.39 is 0 Å². The minimum absolute atomic E-state index is 0.154. The normalized spacial score (nSPS) is 11.9. The molecule has 1 atom stereocenters. The first-order chi connectivity index (χ1) is 14.2. The zero-order chi connectivity index (χ0) is 21.8. The molecule has 3 aromatic rings. The summed E-state index contributed by atoms with van der Waals surface area (Å²) in [6.45, 7) is 5.98. The molecule has 9 heteroatoms. The van der Waals surface area contributed by atoms with Crippen LogP contribution in [0.1, 0.15) is 30.0 Å². The van der Waals surface area contributed by atoms with Crippen LogP contribution in [0, 0.1) is 13.8 Å². The highest BCUT2D eigenvalue weighted by Gasteiger charge is 2.19. The average molecular weight is 465 g/mol. The third kappa shape index (κ3) is 5.47. The summed E-state index contributed by atoms with van der Waals surface area (Å²) in [6.07, 6.45) is -0.294. The summed E-state index contributed by atoms with van der Waals surface area (Å²) in [5, 5.41) is 12.7. The molecule has 0 saturated heterocycles. The number of thioether (sulfide) groups is 1. The Bertz CT molecular complexity index is 1070. The van der Waals surface area contributed by atoms with Gasteiger partial charge in [0.05, 0.1) is 16.5 Å². The predicted octanol–water partition coefficient (Wildman–Crippen LogP) is 5.61. The maximum Gasteiger partial charge on any atom is 0.234 e. The third-order valence-corrected chi connectivity index (χ3v) is 5.99. The summed E-state index contributed by atoms with van der Waals surface area (Å²) in [4.78, 5) is 12.3. The molecular formula is C21H22Cl2N4O2S. The minimum atomic E-state index is -0.294. The highest BCUT2D eigenvalue weighted by atomic mass is 35.5. The van der Waals surface area contributed by atoms with Crippen molar-refractivity contribution in [3.63, 3.8) is 0 Å². The summed E-state index contributed by atoms with van der Waals surface area (Å²) in [5.74, 6) is 1.42. The molecule has 0 fully saturated rings. The van der Waals surface area contributed by atoms with E-state index in [1.807, 2.05) is 44.5 Å². The van der Waals surface area contributed by atoms with Gasteiger partial charge in [-0.2, -0.15) is 0 Å². The van der Waals surface area contributed by atoms with Crippen LogP contribution < -0.4 is 10.1 Å². The molecule has 30 heavy (non-hydrogen) atoms. The van der Waals surface area contributed by atoms with E-state index in [2.05, 4.69) is 21.6 Å². The SMILES string of the molecule is Cc1ccc(OC(C)c2nnc(SCC(=O)Nc3cc(Cl)ccc3Cl)n2C)c(C)c1. The van der Waals surface area contributed by atoms with Gasteiger partial charge in [-0.15, -0.1) is 10.2 Å². The molecule has 1 aromatic heterocycles. The number of hydrogen-bond donors (Lipinski definition) is 1. The maximum absolute atomic E-state index is 12.3. The number of benzene rings is 2.